The second-order valence-electron chi connectivity index (χ2n) is 7.44. The van der Waals surface area contributed by atoms with Crippen molar-refractivity contribution in [1.82, 2.24) is 15.1 Å². The molecule has 0 aliphatic carbocycles. The van der Waals surface area contributed by atoms with Gasteiger partial charge in [-0.1, -0.05) is 6.92 Å². The Bertz CT molecular complexity index is 754. The molecule has 0 unspecified atom stereocenters. The highest BCUT2D eigenvalue weighted by Gasteiger charge is 2.28. The summed E-state index contributed by atoms with van der Waals surface area (Å²) in [6, 6.07) is 0.303. The first kappa shape index (κ1) is 24.6. The average Bonchev–Trinajstić information content (AvgIpc) is 3.05. The maximum Gasteiger partial charge on any atom is 0.341 e. The summed E-state index contributed by atoms with van der Waals surface area (Å²) >= 11 is 6.77. The molecular formula is C21H34N4O3S2. The fourth-order valence-corrected chi connectivity index (χ4v) is 5.25. The number of carbonyl (C=O) groups is 2. The highest BCUT2D eigenvalue weighted by molar-refractivity contribution is 7.80. The van der Waals surface area contributed by atoms with Gasteiger partial charge in [-0.05, 0) is 64.4 Å². The largest absolute Gasteiger partial charge is 0.465 e. The normalized spacial score (nSPS) is 15.0. The number of methoxy groups -OCH3 is 1. The third-order valence-corrected chi connectivity index (χ3v) is 6.89. The van der Waals surface area contributed by atoms with Gasteiger partial charge < -0.3 is 25.2 Å². The van der Waals surface area contributed by atoms with Gasteiger partial charge in [-0.3, -0.25) is 4.79 Å². The maximum absolute atomic E-state index is 12.9. The van der Waals surface area contributed by atoms with Gasteiger partial charge in [0.05, 0.1) is 17.6 Å². The number of ether oxygens (including phenoxy) is 1. The molecule has 1 saturated heterocycles. The van der Waals surface area contributed by atoms with Crippen LogP contribution in [0.5, 0.6) is 0 Å². The van der Waals surface area contributed by atoms with Crippen molar-refractivity contribution in [3.05, 3.63) is 16.0 Å². The van der Waals surface area contributed by atoms with Crippen LogP contribution in [0.2, 0.25) is 0 Å². The van der Waals surface area contributed by atoms with Gasteiger partial charge in [-0.2, -0.15) is 0 Å². The number of nitrogens with one attached hydrogen (secondary N) is 2. The fraction of sp³-hybridized carbons (Fsp3) is 0.667. The lowest BCUT2D eigenvalue weighted by Gasteiger charge is -2.32. The molecule has 9 heteroatoms. The van der Waals surface area contributed by atoms with Gasteiger partial charge in [0.15, 0.2) is 5.11 Å². The Morgan fingerprint density at radius 2 is 1.87 bits per heavy atom. The quantitative estimate of drug-likeness (QED) is 0.460. The highest BCUT2D eigenvalue weighted by Crippen LogP contribution is 2.34. The van der Waals surface area contributed by atoms with E-state index in [1.54, 1.807) is 11.8 Å². The van der Waals surface area contributed by atoms with Crippen molar-refractivity contribution in [1.29, 1.82) is 0 Å². The van der Waals surface area contributed by atoms with Crippen molar-refractivity contribution >= 4 is 45.5 Å². The highest BCUT2D eigenvalue weighted by atomic mass is 32.1. The lowest BCUT2D eigenvalue weighted by Crippen LogP contribution is -2.46. The van der Waals surface area contributed by atoms with Crippen LogP contribution in [0.4, 0.5) is 5.00 Å². The van der Waals surface area contributed by atoms with Crippen molar-refractivity contribution in [2.75, 3.05) is 45.2 Å². The van der Waals surface area contributed by atoms with Crippen molar-refractivity contribution in [3.63, 3.8) is 0 Å². The Morgan fingerprint density at radius 1 is 1.23 bits per heavy atom. The van der Waals surface area contributed by atoms with Crippen LogP contribution in [-0.2, 0) is 4.74 Å². The number of thiocarbonyl (C=S) groups is 1. The van der Waals surface area contributed by atoms with Crippen molar-refractivity contribution < 1.29 is 14.3 Å². The number of anilines is 1. The summed E-state index contributed by atoms with van der Waals surface area (Å²) in [5.41, 5.74) is 1.00. The molecule has 0 aromatic carbocycles. The second kappa shape index (κ2) is 11.6. The van der Waals surface area contributed by atoms with Crippen LogP contribution in [0.3, 0.4) is 0 Å². The Kier molecular flexibility index (Phi) is 9.51. The first-order chi connectivity index (χ1) is 14.4. The van der Waals surface area contributed by atoms with Crippen LogP contribution in [0.25, 0.3) is 0 Å². The van der Waals surface area contributed by atoms with E-state index in [4.69, 9.17) is 17.0 Å². The minimum absolute atomic E-state index is 0.0807. The van der Waals surface area contributed by atoms with Crippen LogP contribution >= 0.6 is 23.6 Å². The number of amides is 1. The molecule has 1 amide bonds. The smallest absolute Gasteiger partial charge is 0.341 e. The molecule has 1 aliphatic rings. The average molecular weight is 455 g/mol. The predicted molar refractivity (Wildman–Crippen MR) is 127 cm³/mol. The van der Waals surface area contributed by atoms with Gasteiger partial charge in [0.1, 0.15) is 5.00 Å². The number of nitrogens with zero attached hydrogens (tertiary/aromatic N) is 2. The summed E-state index contributed by atoms with van der Waals surface area (Å²) in [7, 11) is 1.34. The topological polar surface area (TPSA) is 73.9 Å². The molecule has 0 spiro atoms. The standard InChI is InChI=1S/C21H34N4O3S2/c1-6-11-24-12-9-15(10-13-24)22-21(29)23-18-16(20(27)28-5)14(4)17(30-18)19(26)25(7-2)8-3/h15H,6-13H2,1-5H3,(H2,22,23,29). The molecule has 2 heterocycles. The van der Waals surface area contributed by atoms with Crippen molar-refractivity contribution in [3.8, 4) is 0 Å². The van der Waals surface area contributed by atoms with Crippen molar-refractivity contribution in [2.45, 2.75) is 53.0 Å². The minimum atomic E-state index is -0.472. The van der Waals surface area contributed by atoms with Crippen molar-refractivity contribution in [2.24, 2.45) is 0 Å². The van der Waals surface area contributed by atoms with E-state index in [0.717, 1.165) is 32.5 Å². The van der Waals surface area contributed by atoms with Crippen LogP contribution < -0.4 is 10.6 Å². The van der Waals surface area contributed by atoms with E-state index in [2.05, 4.69) is 22.5 Å². The molecule has 0 saturated carbocycles. The lowest BCUT2D eigenvalue weighted by molar-refractivity contribution is 0.0601. The lowest BCUT2D eigenvalue weighted by atomic mass is 10.1. The molecule has 30 heavy (non-hydrogen) atoms. The zero-order chi connectivity index (χ0) is 22.3. The summed E-state index contributed by atoms with van der Waals surface area (Å²) in [4.78, 5) is 30.1. The molecule has 1 aromatic rings. The number of hydrogen-bond acceptors (Lipinski definition) is 6. The monoisotopic (exact) mass is 454 g/mol. The Morgan fingerprint density at radius 3 is 2.40 bits per heavy atom. The van der Waals surface area contributed by atoms with E-state index in [9.17, 15) is 9.59 Å². The SMILES string of the molecule is CCCN1CCC(NC(=S)Nc2sc(C(=O)N(CC)CC)c(C)c2C(=O)OC)CC1. The molecule has 0 bridgehead atoms. The molecule has 1 aromatic heterocycles. The van der Waals surface area contributed by atoms with E-state index < -0.39 is 5.97 Å². The fourth-order valence-electron chi connectivity index (χ4n) is 3.75. The molecule has 0 atom stereocenters. The third-order valence-electron chi connectivity index (χ3n) is 5.47. The predicted octanol–water partition coefficient (Wildman–Crippen LogP) is 3.49. The molecule has 2 rings (SSSR count). The number of rotatable bonds is 8. The number of likely N-dealkylation sites (tertiary alicyclic amines) is 1. The number of carbonyl (C=O) groups excluding carboxylic acids is 2. The number of esters is 1. The zero-order valence-electron chi connectivity index (χ0n) is 18.7. The number of piperidine rings is 1. The summed E-state index contributed by atoms with van der Waals surface area (Å²) in [6.07, 6.45) is 3.22. The zero-order valence-corrected chi connectivity index (χ0v) is 20.3. The number of thiophene rings is 1. The summed E-state index contributed by atoms with van der Waals surface area (Å²) < 4.78 is 4.96. The van der Waals surface area contributed by atoms with E-state index in [-0.39, 0.29) is 5.91 Å². The van der Waals surface area contributed by atoms with Crippen LogP contribution in [0.1, 0.15) is 65.6 Å². The van der Waals surface area contributed by atoms with Gasteiger partial charge >= 0.3 is 5.97 Å². The first-order valence-electron chi connectivity index (χ1n) is 10.7. The van der Waals surface area contributed by atoms with E-state index in [0.29, 0.717) is 45.2 Å². The summed E-state index contributed by atoms with van der Waals surface area (Å²) in [5, 5.41) is 7.55. The molecule has 0 radical (unpaired) electrons. The molecule has 7 nitrogen and oxygen atoms in total. The maximum atomic E-state index is 12.9. The van der Waals surface area contributed by atoms with Gasteiger partial charge in [0, 0.05) is 32.2 Å². The Labute approximate surface area is 189 Å². The first-order valence-corrected chi connectivity index (χ1v) is 11.9. The molecule has 2 N–H and O–H groups in total. The van der Waals surface area contributed by atoms with E-state index in [1.165, 1.54) is 24.9 Å². The van der Waals surface area contributed by atoms with Gasteiger partial charge in [-0.25, -0.2) is 4.79 Å². The van der Waals surface area contributed by atoms with Gasteiger partial charge in [0.25, 0.3) is 5.91 Å². The summed E-state index contributed by atoms with van der Waals surface area (Å²) in [6.45, 7) is 12.3. The molecule has 1 fully saturated rings. The third kappa shape index (κ3) is 5.92. The van der Waals surface area contributed by atoms with Gasteiger partial charge in [-0.15, -0.1) is 11.3 Å². The van der Waals surface area contributed by atoms with E-state index in [1.807, 2.05) is 13.8 Å². The van der Waals surface area contributed by atoms with Crippen LogP contribution in [0.15, 0.2) is 0 Å². The minimum Gasteiger partial charge on any atom is -0.465 e. The van der Waals surface area contributed by atoms with E-state index >= 15 is 0 Å². The Balaban J connectivity index is 2.14. The Hall–Kier alpha value is -1.71. The number of hydrogen-bond donors (Lipinski definition) is 2. The molecular weight excluding hydrogens is 420 g/mol. The summed E-state index contributed by atoms with van der Waals surface area (Å²) in [5.74, 6) is -0.552. The van der Waals surface area contributed by atoms with Crippen LogP contribution in [0, 0.1) is 6.92 Å². The molecule has 1 aliphatic heterocycles. The molecule has 168 valence electrons. The second-order valence-corrected chi connectivity index (χ2v) is 8.87. The van der Waals surface area contributed by atoms with Crippen LogP contribution in [-0.4, -0.2) is 72.7 Å². The van der Waals surface area contributed by atoms with Gasteiger partial charge in [0.2, 0.25) is 0 Å².